The summed E-state index contributed by atoms with van der Waals surface area (Å²) < 4.78 is 4.63. The summed E-state index contributed by atoms with van der Waals surface area (Å²) in [6.07, 6.45) is -3.01. The van der Waals surface area contributed by atoms with Gasteiger partial charge in [-0.2, -0.15) is 5.10 Å². The van der Waals surface area contributed by atoms with Crippen molar-refractivity contribution in [2.45, 2.75) is 25.6 Å². The Hall–Kier alpha value is -1.73. The number of esters is 1. The number of nitrogens with zero attached hydrogens (tertiary/aromatic N) is 1. The van der Waals surface area contributed by atoms with E-state index >= 15 is 0 Å². The van der Waals surface area contributed by atoms with Crippen LogP contribution in [0.2, 0.25) is 0 Å². The molecule has 3 N–H and O–H groups in total. The number of carbonyl (C=O) groups is 1. The molecule has 2 unspecified atom stereocenters. The van der Waals surface area contributed by atoms with Crippen LogP contribution in [0.4, 0.5) is 0 Å². The Kier molecular flexibility index (Phi) is 4.80. The van der Waals surface area contributed by atoms with Crippen molar-refractivity contribution in [3.63, 3.8) is 0 Å². The van der Waals surface area contributed by atoms with Gasteiger partial charge in [0.2, 0.25) is 0 Å². The van der Waals surface area contributed by atoms with Gasteiger partial charge in [0.25, 0.3) is 5.56 Å². The zero-order valence-electron chi connectivity index (χ0n) is 9.29. The lowest BCUT2D eigenvalue weighted by Crippen LogP contribution is -2.24. The second-order valence-electron chi connectivity index (χ2n) is 3.37. The molecule has 1 aromatic rings. The van der Waals surface area contributed by atoms with Gasteiger partial charge in [0.05, 0.1) is 24.8 Å². The van der Waals surface area contributed by atoms with Crippen LogP contribution >= 0.6 is 0 Å². The van der Waals surface area contributed by atoms with Crippen LogP contribution in [-0.2, 0) is 9.53 Å². The van der Waals surface area contributed by atoms with Gasteiger partial charge in [-0.15, -0.1) is 0 Å². The highest BCUT2D eigenvalue weighted by molar-refractivity contribution is 5.70. The Morgan fingerprint density at radius 1 is 1.53 bits per heavy atom. The first-order valence-corrected chi connectivity index (χ1v) is 5.12. The third kappa shape index (κ3) is 3.97. The first-order chi connectivity index (χ1) is 8.04. The van der Waals surface area contributed by atoms with Crippen molar-refractivity contribution in [1.82, 2.24) is 10.2 Å². The van der Waals surface area contributed by atoms with Gasteiger partial charge in [-0.05, 0) is 13.0 Å². The summed E-state index contributed by atoms with van der Waals surface area (Å²) in [7, 11) is 0. The minimum atomic E-state index is -1.35. The van der Waals surface area contributed by atoms with Gasteiger partial charge >= 0.3 is 5.97 Å². The minimum absolute atomic E-state index is 0.0846. The van der Waals surface area contributed by atoms with E-state index in [1.807, 2.05) is 0 Å². The summed E-state index contributed by atoms with van der Waals surface area (Å²) in [6.45, 7) is 1.85. The van der Waals surface area contributed by atoms with Gasteiger partial charge in [0, 0.05) is 6.07 Å². The number of ether oxygens (including phenoxy) is 1. The smallest absolute Gasteiger partial charge is 0.308 e. The van der Waals surface area contributed by atoms with E-state index in [2.05, 4.69) is 14.9 Å². The standard InChI is InChI=1S/C10H14N2O5/c1-2-17-9(15)5-7(13)10(16)6-3-4-8(14)12-11-6/h3-4,7,10,13,16H,2,5H2,1H3,(H,12,14). The molecule has 0 amide bonds. The number of aromatic nitrogens is 2. The lowest BCUT2D eigenvalue weighted by atomic mass is 10.1. The molecule has 0 spiro atoms. The number of H-pyrrole nitrogens is 1. The number of carbonyl (C=O) groups excluding carboxylic acids is 1. The molecule has 0 aliphatic rings. The van der Waals surface area contributed by atoms with E-state index in [9.17, 15) is 19.8 Å². The predicted molar refractivity (Wildman–Crippen MR) is 57.1 cm³/mol. The van der Waals surface area contributed by atoms with Crippen molar-refractivity contribution < 1.29 is 19.7 Å². The second-order valence-corrected chi connectivity index (χ2v) is 3.37. The van der Waals surface area contributed by atoms with Crippen LogP contribution in [0.25, 0.3) is 0 Å². The van der Waals surface area contributed by atoms with Crippen LogP contribution in [0, 0.1) is 0 Å². The molecule has 1 rings (SSSR count). The van der Waals surface area contributed by atoms with E-state index < -0.39 is 23.7 Å². The molecule has 1 aromatic heterocycles. The topological polar surface area (TPSA) is 113 Å². The molecule has 0 aliphatic carbocycles. The van der Waals surface area contributed by atoms with Crippen molar-refractivity contribution in [3.8, 4) is 0 Å². The van der Waals surface area contributed by atoms with Gasteiger partial charge in [-0.3, -0.25) is 9.59 Å². The third-order valence-corrected chi connectivity index (χ3v) is 2.05. The van der Waals surface area contributed by atoms with E-state index in [0.29, 0.717) is 0 Å². The van der Waals surface area contributed by atoms with Crippen molar-refractivity contribution in [1.29, 1.82) is 0 Å². The number of aliphatic hydroxyl groups excluding tert-OH is 2. The maximum Gasteiger partial charge on any atom is 0.308 e. The summed E-state index contributed by atoms with van der Waals surface area (Å²) >= 11 is 0. The first kappa shape index (κ1) is 13.3. The molecule has 2 atom stereocenters. The van der Waals surface area contributed by atoms with Crippen LogP contribution in [0.1, 0.15) is 25.1 Å². The van der Waals surface area contributed by atoms with Crippen molar-refractivity contribution in [3.05, 3.63) is 28.2 Å². The maximum atomic E-state index is 11.1. The number of rotatable bonds is 5. The maximum absolute atomic E-state index is 11.1. The lowest BCUT2D eigenvalue weighted by Gasteiger charge is -2.15. The molecule has 7 heteroatoms. The average Bonchev–Trinajstić information content (AvgIpc) is 2.29. The largest absolute Gasteiger partial charge is 0.466 e. The van der Waals surface area contributed by atoms with Gasteiger partial charge in [-0.1, -0.05) is 0 Å². The van der Waals surface area contributed by atoms with E-state index in [0.717, 1.165) is 0 Å². The molecule has 0 fully saturated rings. The van der Waals surface area contributed by atoms with Crippen LogP contribution in [0.15, 0.2) is 16.9 Å². The normalized spacial score (nSPS) is 14.1. The highest BCUT2D eigenvalue weighted by atomic mass is 16.5. The Morgan fingerprint density at radius 2 is 2.24 bits per heavy atom. The SMILES string of the molecule is CCOC(=O)CC(O)C(O)c1ccc(=O)[nH]n1. The Morgan fingerprint density at radius 3 is 2.76 bits per heavy atom. The molecule has 7 nitrogen and oxygen atoms in total. The third-order valence-electron chi connectivity index (χ3n) is 2.05. The summed E-state index contributed by atoms with van der Waals surface area (Å²) in [6, 6.07) is 2.44. The zero-order valence-corrected chi connectivity index (χ0v) is 9.29. The highest BCUT2D eigenvalue weighted by Gasteiger charge is 2.23. The highest BCUT2D eigenvalue weighted by Crippen LogP contribution is 2.15. The van der Waals surface area contributed by atoms with Gasteiger partial charge in [-0.25, -0.2) is 5.10 Å². The Bertz CT molecular complexity index is 410. The molecule has 0 saturated heterocycles. The van der Waals surface area contributed by atoms with E-state index in [4.69, 9.17) is 0 Å². The molecular formula is C10H14N2O5. The number of aliphatic hydroxyl groups is 2. The zero-order chi connectivity index (χ0) is 12.8. The molecule has 0 aliphatic heterocycles. The minimum Gasteiger partial charge on any atom is -0.466 e. The van der Waals surface area contributed by atoms with Gasteiger partial charge in [0.1, 0.15) is 6.10 Å². The summed E-state index contributed by atoms with van der Waals surface area (Å²) in [5.41, 5.74) is -0.331. The monoisotopic (exact) mass is 242 g/mol. The van der Waals surface area contributed by atoms with E-state index in [-0.39, 0.29) is 18.7 Å². The summed E-state index contributed by atoms with van der Waals surface area (Å²) in [4.78, 5) is 21.8. The van der Waals surface area contributed by atoms with Gasteiger partial charge < -0.3 is 14.9 Å². The number of aromatic amines is 1. The molecule has 0 aromatic carbocycles. The fourth-order valence-corrected chi connectivity index (χ4v) is 1.22. The number of hydrogen-bond donors (Lipinski definition) is 3. The predicted octanol–water partition coefficient (Wildman–Crippen LogP) is -0.883. The van der Waals surface area contributed by atoms with Crippen LogP contribution < -0.4 is 5.56 Å². The van der Waals surface area contributed by atoms with Crippen LogP contribution in [0.3, 0.4) is 0 Å². The molecule has 0 bridgehead atoms. The molecule has 0 radical (unpaired) electrons. The van der Waals surface area contributed by atoms with Crippen LogP contribution in [-0.4, -0.2) is 39.1 Å². The summed E-state index contributed by atoms with van der Waals surface area (Å²) in [5, 5.41) is 24.9. The second kappa shape index (κ2) is 6.12. The quantitative estimate of drug-likeness (QED) is 0.578. The fraction of sp³-hybridized carbons (Fsp3) is 0.500. The molecule has 94 valence electrons. The van der Waals surface area contributed by atoms with E-state index in [1.54, 1.807) is 6.92 Å². The average molecular weight is 242 g/mol. The van der Waals surface area contributed by atoms with Crippen molar-refractivity contribution in [2.75, 3.05) is 6.61 Å². The molecular weight excluding hydrogens is 228 g/mol. The fourth-order valence-electron chi connectivity index (χ4n) is 1.22. The first-order valence-electron chi connectivity index (χ1n) is 5.12. The van der Waals surface area contributed by atoms with Gasteiger partial charge in [0.15, 0.2) is 0 Å². The molecule has 0 saturated carbocycles. The number of nitrogens with one attached hydrogen (secondary N) is 1. The molecule has 1 heterocycles. The number of hydrogen-bond acceptors (Lipinski definition) is 6. The van der Waals surface area contributed by atoms with Crippen LogP contribution in [0.5, 0.6) is 0 Å². The molecule has 17 heavy (non-hydrogen) atoms. The van der Waals surface area contributed by atoms with Crippen molar-refractivity contribution in [2.24, 2.45) is 0 Å². The lowest BCUT2D eigenvalue weighted by molar-refractivity contribution is -0.147. The van der Waals surface area contributed by atoms with Crippen molar-refractivity contribution >= 4 is 5.97 Å². The summed E-state index contributed by atoms with van der Waals surface area (Å²) in [5.74, 6) is -0.608. The Balaban J connectivity index is 2.63. The Labute approximate surface area is 97.1 Å². The van der Waals surface area contributed by atoms with E-state index in [1.165, 1.54) is 12.1 Å².